The van der Waals surface area contributed by atoms with E-state index in [1.807, 2.05) is 0 Å². The van der Waals surface area contributed by atoms with Crippen LogP contribution in [0.1, 0.15) is 27.7 Å². The van der Waals surface area contributed by atoms with Crippen molar-refractivity contribution in [2.24, 2.45) is 5.41 Å². The Hall–Kier alpha value is -1.52. The van der Waals surface area contributed by atoms with Crippen LogP contribution in [0.15, 0.2) is 0 Å². The van der Waals surface area contributed by atoms with Gasteiger partial charge in [-0.3, -0.25) is 19.2 Å². The molecule has 0 radical (unpaired) electrons. The van der Waals surface area contributed by atoms with Gasteiger partial charge in [0.25, 0.3) is 0 Å². The summed E-state index contributed by atoms with van der Waals surface area (Å²) in [6, 6.07) is 0. The van der Waals surface area contributed by atoms with Gasteiger partial charge in [0.2, 0.25) is 5.41 Å². The molecule has 0 aliphatic carbocycles. The van der Waals surface area contributed by atoms with Crippen LogP contribution in [0.3, 0.4) is 0 Å². The number of hydrogen-bond donors (Lipinski definition) is 0. The maximum atomic E-state index is 11.5. The third-order valence-corrected chi connectivity index (χ3v) is 2.17. The van der Waals surface area contributed by atoms with Crippen molar-refractivity contribution >= 4 is 23.3 Å². The van der Waals surface area contributed by atoms with Crippen LogP contribution in [0.4, 0.5) is 0 Å². The molecule has 0 aromatic carbocycles. The van der Waals surface area contributed by atoms with Crippen LogP contribution in [0, 0.1) is 5.41 Å². The Morgan fingerprint density at radius 2 is 1.27 bits per heavy atom. The second-order valence-corrected chi connectivity index (χ2v) is 3.14. The minimum absolute atomic E-state index is 0.00836. The minimum atomic E-state index is -2.27. The smallest absolute Gasteiger partial charge is 0.335 e. The number of carbonyl (C=O) groups excluding carboxylic acids is 4. The van der Waals surface area contributed by atoms with E-state index in [4.69, 9.17) is 0 Å². The zero-order valence-corrected chi connectivity index (χ0v) is 9.25. The second-order valence-electron chi connectivity index (χ2n) is 3.14. The molecule has 84 valence electrons. The molecule has 15 heavy (non-hydrogen) atoms. The Kier molecular flexibility index (Phi) is 4.33. The van der Waals surface area contributed by atoms with E-state index in [2.05, 4.69) is 4.74 Å². The molecule has 0 aliphatic heterocycles. The number of ketones is 3. The van der Waals surface area contributed by atoms with Crippen molar-refractivity contribution in [2.45, 2.75) is 27.7 Å². The minimum Gasteiger partial charge on any atom is -0.465 e. The van der Waals surface area contributed by atoms with Gasteiger partial charge in [-0.15, -0.1) is 0 Å². The normalized spacial score (nSPS) is 10.7. The number of hydrogen-bond acceptors (Lipinski definition) is 5. The average Bonchev–Trinajstić information content (AvgIpc) is 2.02. The van der Waals surface area contributed by atoms with Crippen molar-refractivity contribution in [3.8, 4) is 0 Å². The molecule has 0 atom stereocenters. The van der Waals surface area contributed by atoms with E-state index < -0.39 is 28.7 Å². The van der Waals surface area contributed by atoms with Gasteiger partial charge in [0.05, 0.1) is 6.61 Å². The number of ether oxygens (including phenoxy) is 1. The molecule has 5 nitrogen and oxygen atoms in total. The molecule has 0 amide bonds. The first kappa shape index (κ1) is 13.5. The summed E-state index contributed by atoms with van der Waals surface area (Å²) in [4.78, 5) is 45.5. The molecule has 0 aromatic rings. The highest BCUT2D eigenvalue weighted by Gasteiger charge is 2.54. The van der Waals surface area contributed by atoms with E-state index in [1.165, 1.54) is 6.92 Å². The molecule has 0 bridgehead atoms. The van der Waals surface area contributed by atoms with Gasteiger partial charge < -0.3 is 4.74 Å². The van der Waals surface area contributed by atoms with Gasteiger partial charge in [-0.25, -0.2) is 0 Å². The van der Waals surface area contributed by atoms with Crippen LogP contribution in [0.25, 0.3) is 0 Å². The summed E-state index contributed by atoms with van der Waals surface area (Å²) in [7, 11) is 0. The monoisotopic (exact) mass is 214 g/mol. The van der Waals surface area contributed by atoms with Crippen LogP contribution in [0.2, 0.25) is 0 Å². The predicted molar refractivity (Wildman–Crippen MR) is 51.1 cm³/mol. The lowest BCUT2D eigenvalue weighted by Crippen LogP contribution is -2.50. The highest BCUT2D eigenvalue weighted by molar-refractivity contribution is 6.36. The molecular weight excluding hydrogens is 200 g/mol. The molecule has 5 heteroatoms. The first-order chi connectivity index (χ1) is 6.81. The number of carbonyl (C=O) groups is 4. The summed E-state index contributed by atoms with van der Waals surface area (Å²) in [6.45, 7) is 4.62. The van der Waals surface area contributed by atoms with Gasteiger partial charge in [0.1, 0.15) is 0 Å². The Labute approximate surface area is 87.8 Å². The molecule has 0 fully saturated rings. The molecule has 0 heterocycles. The highest BCUT2D eigenvalue weighted by Crippen LogP contribution is 2.23. The van der Waals surface area contributed by atoms with E-state index in [9.17, 15) is 19.2 Å². The largest absolute Gasteiger partial charge is 0.465 e. The maximum Gasteiger partial charge on any atom is 0.335 e. The Bertz CT molecular complexity index is 280. The van der Waals surface area contributed by atoms with Gasteiger partial charge in [0, 0.05) is 0 Å². The van der Waals surface area contributed by atoms with Crippen molar-refractivity contribution < 1.29 is 23.9 Å². The van der Waals surface area contributed by atoms with E-state index in [1.54, 1.807) is 0 Å². The number of rotatable bonds is 5. The molecule has 0 unspecified atom stereocenters. The van der Waals surface area contributed by atoms with E-state index in [0.29, 0.717) is 0 Å². The van der Waals surface area contributed by atoms with Crippen molar-refractivity contribution in [3.05, 3.63) is 0 Å². The summed E-state index contributed by atoms with van der Waals surface area (Å²) in [6.07, 6.45) is 0. The fraction of sp³-hybridized carbons (Fsp3) is 0.600. The summed E-state index contributed by atoms with van der Waals surface area (Å²) in [5, 5.41) is 0. The molecule has 0 aliphatic rings. The van der Waals surface area contributed by atoms with Gasteiger partial charge in [-0.2, -0.15) is 0 Å². The first-order valence-electron chi connectivity index (χ1n) is 4.52. The third-order valence-electron chi connectivity index (χ3n) is 2.17. The van der Waals surface area contributed by atoms with Crippen LogP contribution in [0.5, 0.6) is 0 Å². The number of esters is 1. The molecule has 0 aromatic heterocycles. The first-order valence-corrected chi connectivity index (χ1v) is 4.52. The molecular formula is C10H14O5. The van der Waals surface area contributed by atoms with E-state index >= 15 is 0 Å². The Morgan fingerprint density at radius 3 is 1.47 bits per heavy atom. The highest BCUT2D eigenvalue weighted by atomic mass is 16.5. The van der Waals surface area contributed by atoms with Gasteiger partial charge in [0.15, 0.2) is 17.3 Å². The van der Waals surface area contributed by atoms with Crippen molar-refractivity contribution in [1.29, 1.82) is 0 Å². The summed E-state index contributed by atoms with van der Waals surface area (Å²) < 4.78 is 4.59. The third kappa shape index (κ3) is 2.11. The maximum absolute atomic E-state index is 11.5. The molecule has 0 saturated heterocycles. The summed E-state index contributed by atoms with van der Waals surface area (Å²) in [5.74, 6) is -3.50. The molecule has 0 saturated carbocycles. The van der Waals surface area contributed by atoms with Gasteiger partial charge in [-0.1, -0.05) is 0 Å². The van der Waals surface area contributed by atoms with Crippen LogP contribution in [-0.2, 0) is 23.9 Å². The van der Waals surface area contributed by atoms with Crippen LogP contribution < -0.4 is 0 Å². The topological polar surface area (TPSA) is 77.5 Å². The lowest BCUT2D eigenvalue weighted by atomic mass is 9.77. The van der Waals surface area contributed by atoms with Crippen LogP contribution in [-0.4, -0.2) is 29.9 Å². The summed E-state index contributed by atoms with van der Waals surface area (Å²) in [5.41, 5.74) is -2.27. The zero-order chi connectivity index (χ0) is 12.2. The van der Waals surface area contributed by atoms with E-state index in [-0.39, 0.29) is 6.61 Å². The van der Waals surface area contributed by atoms with Crippen molar-refractivity contribution in [2.75, 3.05) is 6.61 Å². The standard InChI is InChI=1S/C10H14O5/c1-5-15-9(14)10(6(2)11,7(3)12)8(4)13/h5H2,1-4H3. The van der Waals surface area contributed by atoms with Crippen molar-refractivity contribution in [1.82, 2.24) is 0 Å². The Morgan fingerprint density at radius 1 is 0.933 bits per heavy atom. The molecule has 0 rings (SSSR count). The van der Waals surface area contributed by atoms with E-state index in [0.717, 1.165) is 20.8 Å². The second kappa shape index (κ2) is 4.82. The Balaban J connectivity index is 5.53. The quantitative estimate of drug-likeness (QED) is 0.486. The zero-order valence-electron chi connectivity index (χ0n) is 9.25. The number of Topliss-reactive ketones (excluding diaryl/α,β-unsaturated/α-hetero) is 3. The van der Waals surface area contributed by atoms with Gasteiger partial charge in [-0.05, 0) is 27.7 Å². The average molecular weight is 214 g/mol. The SMILES string of the molecule is CCOC(=O)C(C(C)=O)(C(C)=O)C(C)=O. The fourth-order valence-electron chi connectivity index (χ4n) is 1.41. The summed E-state index contributed by atoms with van der Waals surface area (Å²) >= 11 is 0. The molecule has 0 spiro atoms. The van der Waals surface area contributed by atoms with Crippen LogP contribution >= 0.6 is 0 Å². The lowest BCUT2D eigenvalue weighted by molar-refractivity contribution is -0.165. The van der Waals surface area contributed by atoms with Gasteiger partial charge >= 0.3 is 5.97 Å². The fourth-order valence-corrected chi connectivity index (χ4v) is 1.41. The lowest BCUT2D eigenvalue weighted by Gasteiger charge is -2.22. The van der Waals surface area contributed by atoms with Crippen molar-refractivity contribution in [3.63, 3.8) is 0 Å². The molecule has 0 N–H and O–H groups in total. The predicted octanol–water partition coefficient (Wildman–Crippen LogP) is 0.303.